The highest BCUT2D eigenvalue weighted by Gasteiger charge is 2.10. The molecule has 104 valence electrons. The number of hydrogen-bond donors (Lipinski definition) is 1. The van der Waals surface area contributed by atoms with Crippen LogP contribution in [0.5, 0.6) is 0 Å². The molecule has 0 radical (unpaired) electrons. The second-order valence-electron chi connectivity index (χ2n) is 4.65. The maximum Gasteiger partial charge on any atom is 0.267 e. The van der Waals surface area contributed by atoms with Gasteiger partial charge in [-0.2, -0.15) is 0 Å². The van der Waals surface area contributed by atoms with Crippen molar-refractivity contribution in [2.24, 2.45) is 5.73 Å². The summed E-state index contributed by atoms with van der Waals surface area (Å²) in [6, 6.07) is 11.6. The van der Waals surface area contributed by atoms with Crippen LogP contribution >= 0.6 is 11.3 Å². The maximum atomic E-state index is 11.2. The molecule has 2 aromatic heterocycles. The van der Waals surface area contributed by atoms with Gasteiger partial charge in [0.05, 0.1) is 5.69 Å². The highest BCUT2D eigenvalue weighted by atomic mass is 32.1. The average molecular weight is 295 g/mol. The van der Waals surface area contributed by atoms with Gasteiger partial charge in [0, 0.05) is 22.7 Å². The first-order chi connectivity index (χ1) is 10.1. The predicted molar refractivity (Wildman–Crippen MR) is 84.0 cm³/mol. The van der Waals surface area contributed by atoms with Gasteiger partial charge in [0.25, 0.3) is 5.91 Å². The molecular formula is C16H13N3OS. The highest BCUT2D eigenvalue weighted by molar-refractivity contribution is 7.13. The first-order valence-corrected chi connectivity index (χ1v) is 7.31. The van der Waals surface area contributed by atoms with Crippen LogP contribution in [0.1, 0.15) is 16.1 Å². The van der Waals surface area contributed by atoms with Crippen LogP contribution in [0, 0.1) is 6.92 Å². The van der Waals surface area contributed by atoms with Crippen molar-refractivity contribution in [3.63, 3.8) is 0 Å². The van der Waals surface area contributed by atoms with Crippen molar-refractivity contribution in [3.05, 3.63) is 59.2 Å². The summed E-state index contributed by atoms with van der Waals surface area (Å²) in [5.74, 6) is -0.535. The van der Waals surface area contributed by atoms with Crippen LogP contribution in [-0.2, 0) is 0 Å². The lowest BCUT2D eigenvalue weighted by molar-refractivity contribution is 0.0995. The van der Waals surface area contributed by atoms with E-state index in [-0.39, 0.29) is 5.69 Å². The van der Waals surface area contributed by atoms with E-state index in [4.69, 9.17) is 5.73 Å². The number of nitrogens with zero attached hydrogens (tertiary/aromatic N) is 2. The lowest BCUT2D eigenvalue weighted by atomic mass is 10.1. The van der Waals surface area contributed by atoms with Crippen LogP contribution in [-0.4, -0.2) is 15.9 Å². The number of rotatable bonds is 3. The number of carbonyl (C=O) groups is 1. The topological polar surface area (TPSA) is 68.9 Å². The number of hydrogen-bond acceptors (Lipinski definition) is 4. The summed E-state index contributed by atoms with van der Waals surface area (Å²) >= 11 is 1.54. The zero-order valence-corrected chi connectivity index (χ0v) is 12.2. The lowest BCUT2D eigenvalue weighted by Crippen LogP contribution is -2.12. The van der Waals surface area contributed by atoms with E-state index in [9.17, 15) is 4.79 Å². The lowest BCUT2D eigenvalue weighted by Gasteiger charge is -2.01. The molecule has 21 heavy (non-hydrogen) atoms. The fourth-order valence-electron chi connectivity index (χ4n) is 2.09. The summed E-state index contributed by atoms with van der Waals surface area (Å²) < 4.78 is 0. The van der Waals surface area contributed by atoms with Gasteiger partial charge in [-0.15, -0.1) is 11.3 Å². The number of carbonyl (C=O) groups excluding carboxylic acids is 1. The van der Waals surface area contributed by atoms with Crippen LogP contribution in [0.25, 0.3) is 21.8 Å². The first kappa shape index (κ1) is 13.5. The maximum absolute atomic E-state index is 11.2. The Balaban J connectivity index is 2.01. The van der Waals surface area contributed by atoms with Crippen molar-refractivity contribution in [1.82, 2.24) is 9.97 Å². The molecule has 1 amide bonds. The minimum absolute atomic E-state index is 0.250. The Bertz CT molecular complexity index is 811. The number of primary amides is 1. The van der Waals surface area contributed by atoms with Crippen molar-refractivity contribution in [2.75, 3.05) is 0 Å². The first-order valence-electron chi connectivity index (χ1n) is 6.43. The monoisotopic (exact) mass is 295 g/mol. The van der Waals surface area contributed by atoms with Gasteiger partial charge in [0.2, 0.25) is 0 Å². The van der Waals surface area contributed by atoms with E-state index in [0.717, 1.165) is 21.8 Å². The highest BCUT2D eigenvalue weighted by Crippen LogP contribution is 2.30. The largest absolute Gasteiger partial charge is 0.364 e. The third-order valence-electron chi connectivity index (χ3n) is 3.18. The summed E-state index contributed by atoms with van der Waals surface area (Å²) in [5, 5.41) is 2.86. The fraction of sp³-hybridized carbons (Fsp3) is 0.0625. The van der Waals surface area contributed by atoms with Crippen molar-refractivity contribution in [1.29, 1.82) is 0 Å². The normalized spacial score (nSPS) is 10.5. The second-order valence-corrected chi connectivity index (χ2v) is 5.50. The van der Waals surface area contributed by atoms with Gasteiger partial charge >= 0.3 is 0 Å². The smallest absolute Gasteiger partial charge is 0.267 e. The molecule has 0 aliphatic heterocycles. The van der Waals surface area contributed by atoms with Gasteiger partial charge in [-0.1, -0.05) is 24.3 Å². The van der Waals surface area contributed by atoms with Crippen molar-refractivity contribution in [2.45, 2.75) is 6.92 Å². The zero-order chi connectivity index (χ0) is 14.8. The van der Waals surface area contributed by atoms with Gasteiger partial charge in [0.1, 0.15) is 10.7 Å². The average Bonchev–Trinajstić information content (AvgIpc) is 2.97. The van der Waals surface area contributed by atoms with E-state index in [1.165, 1.54) is 16.9 Å². The van der Waals surface area contributed by atoms with E-state index in [2.05, 4.69) is 29.0 Å². The van der Waals surface area contributed by atoms with Crippen molar-refractivity contribution < 1.29 is 4.79 Å². The minimum Gasteiger partial charge on any atom is -0.364 e. The van der Waals surface area contributed by atoms with E-state index >= 15 is 0 Å². The van der Waals surface area contributed by atoms with E-state index in [1.807, 2.05) is 23.6 Å². The van der Waals surface area contributed by atoms with E-state index in [1.54, 1.807) is 12.3 Å². The van der Waals surface area contributed by atoms with Crippen LogP contribution in [0.3, 0.4) is 0 Å². The Kier molecular flexibility index (Phi) is 3.50. The SMILES string of the molecule is Cc1ccccc1-c1csc(-c2ccnc(C(N)=O)c2)n1. The van der Waals surface area contributed by atoms with Crippen LogP contribution in [0.2, 0.25) is 0 Å². The van der Waals surface area contributed by atoms with Gasteiger partial charge in [-0.05, 0) is 24.6 Å². The van der Waals surface area contributed by atoms with Crippen LogP contribution < -0.4 is 5.73 Å². The molecule has 1 aromatic carbocycles. The number of nitrogens with two attached hydrogens (primary N) is 1. The molecule has 3 aromatic rings. The fourth-order valence-corrected chi connectivity index (χ4v) is 2.91. The standard InChI is InChI=1S/C16H13N3OS/c1-10-4-2-3-5-12(10)14-9-21-16(19-14)11-6-7-18-13(8-11)15(17)20/h2-9H,1H3,(H2,17,20). The number of aromatic nitrogens is 2. The molecule has 5 heteroatoms. The summed E-state index contributed by atoms with van der Waals surface area (Å²) in [6.07, 6.45) is 1.57. The summed E-state index contributed by atoms with van der Waals surface area (Å²) in [5.41, 5.74) is 9.59. The van der Waals surface area contributed by atoms with Crippen LogP contribution in [0.4, 0.5) is 0 Å². The predicted octanol–water partition coefficient (Wildman–Crippen LogP) is 3.28. The molecule has 0 unspecified atom stereocenters. The van der Waals surface area contributed by atoms with Gasteiger partial charge in [0.15, 0.2) is 0 Å². The number of pyridine rings is 1. The Labute approximate surface area is 126 Å². The summed E-state index contributed by atoms with van der Waals surface area (Å²) in [6.45, 7) is 2.06. The molecule has 2 heterocycles. The minimum atomic E-state index is -0.535. The van der Waals surface area contributed by atoms with Gasteiger partial charge in [-0.25, -0.2) is 4.98 Å². The van der Waals surface area contributed by atoms with E-state index < -0.39 is 5.91 Å². The second kappa shape index (κ2) is 5.46. The molecule has 0 saturated carbocycles. The molecule has 0 aliphatic rings. The Morgan fingerprint density at radius 3 is 2.81 bits per heavy atom. The molecule has 0 bridgehead atoms. The molecule has 0 atom stereocenters. The summed E-state index contributed by atoms with van der Waals surface area (Å²) in [4.78, 5) is 19.8. The van der Waals surface area contributed by atoms with Crippen molar-refractivity contribution >= 4 is 17.2 Å². The third kappa shape index (κ3) is 2.68. The molecule has 3 rings (SSSR count). The molecule has 0 saturated heterocycles. The number of benzene rings is 1. The molecule has 2 N–H and O–H groups in total. The number of aryl methyl sites for hydroxylation is 1. The molecule has 0 fully saturated rings. The Morgan fingerprint density at radius 1 is 1.24 bits per heavy atom. The molecular weight excluding hydrogens is 282 g/mol. The quantitative estimate of drug-likeness (QED) is 0.806. The van der Waals surface area contributed by atoms with E-state index in [0.29, 0.717) is 0 Å². The van der Waals surface area contributed by atoms with Gasteiger partial charge < -0.3 is 5.73 Å². The van der Waals surface area contributed by atoms with Gasteiger partial charge in [-0.3, -0.25) is 9.78 Å². The number of thiazole rings is 1. The molecule has 0 aliphatic carbocycles. The molecule has 4 nitrogen and oxygen atoms in total. The third-order valence-corrected chi connectivity index (χ3v) is 4.08. The number of amides is 1. The Hall–Kier alpha value is -2.53. The van der Waals surface area contributed by atoms with Crippen LogP contribution in [0.15, 0.2) is 48.0 Å². The summed E-state index contributed by atoms with van der Waals surface area (Å²) in [7, 11) is 0. The van der Waals surface area contributed by atoms with Crippen molar-refractivity contribution in [3.8, 4) is 21.8 Å². The molecule has 0 spiro atoms. The zero-order valence-electron chi connectivity index (χ0n) is 11.4. The Morgan fingerprint density at radius 2 is 2.05 bits per heavy atom.